The first-order valence-corrected chi connectivity index (χ1v) is 10.7. The molecule has 0 N–H and O–H groups in total. The highest BCUT2D eigenvalue weighted by Gasteiger charge is 2.32. The van der Waals surface area contributed by atoms with Crippen LogP contribution in [0.15, 0.2) is 4.52 Å². The van der Waals surface area contributed by atoms with E-state index in [1.807, 2.05) is 4.90 Å². The molecule has 2 aliphatic rings. The molecule has 0 aliphatic carbocycles. The fourth-order valence-corrected chi connectivity index (χ4v) is 4.42. The molecule has 140 valence electrons. The predicted molar refractivity (Wildman–Crippen MR) is 99.7 cm³/mol. The van der Waals surface area contributed by atoms with Gasteiger partial charge in [0.2, 0.25) is 11.8 Å². The van der Waals surface area contributed by atoms with E-state index in [4.69, 9.17) is 4.52 Å². The summed E-state index contributed by atoms with van der Waals surface area (Å²) in [6, 6.07) is -0.0413. The molecule has 0 spiro atoms. The van der Waals surface area contributed by atoms with E-state index in [-0.39, 0.29) is 17.9 Å². The highest BCUT2D eigenvalue weighted by molar-refractivity contribution is 7.99. The lowest BCUT2D eigenvalue weighted by molar-refractivity contribution is -0.132. The van der Waals surface area contributed by atoms with E-state index in [0.717, 1.165) is 43.9 Å². The summed E-state index contributed by atoms with van der Waals surface area (Å²) in [6.45, 7) is 8.44. The first kappa shape index (κ1) is 18.7. The van der Waals surface area contributed by atoms with Gasteiger partial charge in [0.25, 0.3) is 0 Å². The minimum absolute atomic E-state index is 0.0413. The Kier molecular flexibility index (Phi) is 6.76. The van der Waals surface area contributed by atoms with Crippen LogP contribution in [-0.2, 0) is 4.79 Å². The van der Waals surface area contributed by atoms with Gasteiger partial charge in [-0.25, -0.2) is 0 Å². The maximum Gasteiger partial charge on any atom is 0.249 e. The van der Waals surface area contributed by atoms with Crippen LogP contribution < -0.4 is 0 Å². The summed E-state index contributed by atoms with van der Waals surface area (Å²) in [5, 5.41) is 4.07. The zero-order valence-corrected chi connectivity index (χ0v) is 16.3. The highest BCUT2D eigenvalue weighted by atomic mass is 32.2. The topological polar surface area (TPSA) is 62.5 Å². The molecule has 25 heavy (non-hydrogen) atoms. The van der Waals surface area contributed by atoms with E-state index in [1.54, 1.807) is 11.8 Å². The minimum atomic E-state index is -0.0413. The zero-order chi connectivity index (χ0) is 17.6. The molecule has 0 radical (unpaired) electrons. The number of nitrogens with zero attached hydrogens (tertiary/aromatic N) is 4. The summed E-state index contributed by atoms with van der Waals surface area (Å²) >= 11 is 1.75. The van der Waals surface area contributed by atoms with Gasteiger partial charge in [0.05, 0.1) is 5.75 Å². The quantitative estimate of drug-likeness (QED) is 0.691. The van der Waals surface area contributed by atoms with E-state index in [9.17, 15) is 4.79 Å². The van der Waals surface area contributed by atoms with Crippen molar-refractivity contribution in [2.45, 2.75) is 57.9 Å². The van der Waals surface area contributed by atoms with Crippen molar-refractivity contribution in [1.29, 1.82) is 0 Å². The highest BCUT2D eigenvalue weighted by Crippen LogP contribution is 2.31. The molecule has 1 amide bonds. The monoisotopic (exact) mass is 366 g/mol. The van der Waals surface area contributed by atoms with Gasteiger partial charge >= 0.3 is 0 Å². The molecule has 1 aromatic rings. The molecule has 0 saturated carbocycles. The Morgan fingerprint density at radius 2 is 2.00 bits per heavy atom. The number of carbonyl (C=O) groups excluding carboxylic acids is 1. The average Bonchev–Trinajstić information content (AvgIpc) is 3.30. The van der Waals surface area contributed by atoms with Crippen molar-refractivity contribution in [2.75, 3.05) is 37.7 Å². The summed E-state index contributed by atoms with van der Waals surface area (Å²) in [5.41, 5.74) is 0. The van der Waals surface area contributed by atoms with Gasteiger partial charge in [-0.05, 0) is 45.2 Å². The summed E-state index contributed by atoms with van der Waals surface area (Å²) in [6.07, 6.45) is 5.73. The van der Waals surface area contributed by atoms with Gasteiger partial charge < -0.3 is 14.3 Å². The van der Waals surface area contributed by atoms with Crippen molar-refractivity contribution >= 4 is 17.7 Å². The number of likely N-dealkylation sites (tertiary alicyclic amines) is 2. The molecule has 6 nitrogen and oxygen atoms in total. The summed E-state index contributed by atoms with van der Waals surface area (Å²) in [4.78, 5) is 21.7. The number of hydrogen-bond acceptors (Lipinski definition) is 6. The lowest BCUT2D eigenvalue weighted by atomic mass is 10.0. The zero-order valence-electron chi connectivity index (χ0n) is 15.4. The molecule has 1 unspecified atom stereocenters. The number of piperidine rings is 1. The van der Waals surface area contributed by atoms with Crippen LogP contribution in [0.5, 0.6) is 0 Å². The van der Waals surface area contributed by atoms with Crippen LogP contribution in [0.3, 0.4) is 0 Å². The van der Waals surface area contributed by atoms with Gasteiger partial charge in [-0.1, -0.05) is 19.0 Å². The third-order valence-corrected chi connectivity index (χ3v) is 5.98. The molecular formula is C18H30N4O2S. The van der Waals surface area contributed by atoms with Crippen LogP contribution in [0.25, 0.3) is 0 Å². The Labute approximate surface area is 154 Å². The SMILES string of the molecule is CC(C)c1noc(C2CCCCN2C(=O)CSCCN2CCCC2)n1. The molecule has 2 fully saturated rings. The van der Waals surface area contributed by atoms with Crippen LogP contribution in [0, 0.1) is 0 Å². The smallest absolute Gasteiger partial charge is 0.249 e. The maximum absolute atomic E-state index is 12.7. The van der Waals surface area contributed by atoms with Crippen LogP contribution >= 0.6 is 11.8 Å². The predicted octanol–water partition coefficient (Wildman–Crippen LogP) is 3.08. The van der Waals surface area contributed by atoms with Crippen molar-refractivity contribution in [3.63, 3.8) is 0 Å². The van der Waals surface area contributed by atoms with E-state index in [2.05, 4.69) is 28.9 Å². The molecule has 3 heterocycles. The van der Waals surface area contributed by atoms with Crippen molar-refractivity contribution < 1.29 is 9.32 Å². The maximum atomic E-state index is 12.7. The average molecular weight is 367 g/mol. The van der Waals surface area contributed by atoms with Crippen molar-refractivity contribution in [3.05, 3.63) is 11.7 Å². The first-order chi connectivity index (χ1) is 12.1. The summed E-state index contributed by atoms with van der Waals surface area (Å²) in [5.74, 6) is 3.37. The summed E-state index contributed by atoms with van der Waals surface area (Å²) < 4.78 is 5.47. The number of hydrogen-bond donors (Lipinski definition) is 0. The summed E-state index contributed by atoms with van der Waals surface area (Å²) in [7, 11) is 0. The van der Waals surface area contributed by atoms with Gasteiger partial charge in [-0.15, -0.1) is 0 Å². The van der Waals surface area contributed by atoms with Crippen molar-refractivity contribution in [3.8, 4) is 0 Å². The third kappa shape index (κ3) is 4.97. The van der Waals surface area contributed by atoms with Crippen LogP contribution in [-0.4, -0.2) is 63.5 Å². The molecule has 0 bridgehead atoms. The molecule has 1 aromatic heterocycles. The molecular weight excluding hydrogens is 336 g/mol. The number of thioether (sulfide) groups is 1. The molecule has 0 aromatic carbocycles. The normalized spacial score (nSPS) is 22.0. The van der Waals surface area contributed by atoms with Crippen LogP contribution in [0.1, 0.15) is 69.6 Å². The standard InChI is InChI=1S/C18H30N4O2S/c1-14(2)17-19-18(24-20-17)15-7-3-4-10-22(15)16(23)13-25-12-11-21-8-5-6-9-21/h14-15H,3-13H2,1-2H3. The molecule has 1 atom stereocenters. The van der Waals surface area contributed by atoms with E-state index in [1.165, 1.54) is 25.9 Å². The second-order valence-corrected chi connectivity index (χ2v) is 8.45. The third-order valence-electron chi connectivity index (χ3n) is 5.06. The van der Waals surface area contributed by atoms with Crippen LogP contribution in [0.2, 0.25) is 0 Å². The van der Waals surface area contributed by atoms with E-state index in [0.29, 0.717) is 11.6 Å². The largest absolute Gasteiger partial charge is 0.337 e. The second-order valence-electron chi connectivity index (χ2n) is 7.35. The lowest BCUT2D eigenvalue weighted by Crippen LogP contribution is -2.39. The van der Waals surface area contributed by atoms with E-state index >= 15 is 0 Å². The number of carbonyl (C=O) groups is 1. The van der Waals surface area contributed by atoms with Crippen LogP contribution in [0.4, 0.5) is 0 Å². The van der Waals surface area contributed by atoms with Gasteiger partial charge in [0, 0.05) is 24.8 Å². The van der Waals surface area contributed by atoms with Crippen molar-refractivity contribution in [2.24, 2.45) is 0 Å². The van der Waals surface area contributed by atoms with Crippen molar-refractivity contribution in [1.82, 2.24) is 19.9 Å². The molecule has 2 saturated heterocycles. The Morgan fingerprint density at radius 3 is 2.72 bits per heavy atom. The van der Waals surface area contributed by atoms with Gasteiger partial charge in [-0.2, -0.15) is 16.7 Å². The lowest BCUT2D eigenvalue weighted by Gasteiger charge is -2.33. The molecule has 2 aliphatic heterocycles. The second kappa shape index (κ2) is 9.03. The fourth-order valence-electron chi connectivity index (χ4n) is 3.55. The molecule has 7 heteroatoms. The number of aromatic nitrogens is 2. The molecule has 3 rings (SSSR count). The van der Waals surface area contributed by atoms with Gasteiger partial charge in [-0.3, -0.25) is 4.79 Å². The fraction of sp³-hybridized carbons (Fsp3) is 0.833. The van der Waals surface area contributed by atoms with Gasteiger partial charge in [0.1, 0.15) is 6.04 Å². The minimum Gasteiger partial charge on any atom is -0.337 e. The van der Waals surface area contributed by atoms with Gasteiger partial charge in [0.15, 0.2) is 5.82 Å². The Morgan fingerprint density at radius 1 is 1.24 bits per heavy atom. The number of rotatable bonds is 7. The van der Waals surface area contributed by atoms with E-state index < -0.39 is 0 Å². The Hall–Kier alpha value is -1.08. The number of amides is 1. The Bertz CT molecular complexity index is 557. The Balaban J connectivity index is 1.51. The first-order valence-electron chi connectivity index (χ1n) is 9.58.